The first kappa shape index (κ1) is 20.6. The van der Waals surface area contributed by atoms with E-state index in [0.29, 0.717) is 41.3 Å². The number of amides is 2. The van der Waals surface area contributed by atoms with Gasteiger partial charge in [-0.2, -0.15) is 0 Å². The number of thiazole rings is 1. The molecule has 2 heterocycles. The van der Waals surface area contributed by atoms with Gasteiger partial charge in [-0.1, -0.05) is 66.3 Å². The van der Waals surface area contributed by atoms with Crippen molar-refractivity contribution in [1.29, 1.82) is 0 Å². The van der Waals surface area contributed by atoms with E-state index < -0.39 is 0 Å². The molecule has 2 aliphatic rings. The molecule has 6 nitrogen and oxygen atoms in total. The molecule has 32 heavy (non-hydrogen) atoms. The van der Waals surface area contributed by atoms with Crippen LogP contribution in [0.4, 0.5) is 5.13 Å². The van der Waals surface area contributed by atoms with Crippen molar-refractivity contribution in [2.45, 2.75) is 32.2 Å². The van der Waals surface area contributed by atoms with Gasteiger partial charge in [0.1, 0.15) is 0 Å². The van der Waals surface area contributed by atoms with Gasteiger partial charge in [0.25, 0.3) is 5.91 Å². The lowest BCUT2D eigenvalue weighted by Gasteiger charge is -2.26. The molecule has 3 aromatic rings. The Kier molecular flexibility index (Phi) is 5.57. The molecule has 5 rings (SSSR count). The summed E-state index contributed by atoms with van der Waals surface area (Å²) < 4.78 is 0. The quantitative estimate of drug-likeness (QED) is 0.594. The van der Waals surface area contributed by atoms with Crippen molar-refractivity contribution in [3.8, 4) is 0 Å². The fourth-order valence-corrected chi connectivity index (χ4v) is 5.11. The Hall–Kier alpha value is -3.32. The van der Waals surface area contributed by atoms with Crippen LogP contribution >= 0.6 is 11.3 Å². The van der Waals surface area contributed by atoms with E-state index in [1.807, 2.05) is 18.2 Å². The van der Waals surface area contributed by atoms with Crippen molar-refractivity contribution in [2.75, 3.05) is 11.9 Å². The molecule has 0 bridgehead atoms. The highest BCUT2D eigenvalue weighted by molar-refractivity contribution is 7.15. The van der Waals surface area contributed by atoms with Crippen LogP contribution in [0.15, 0.2) is 54.6 Å². The summed E-state index contributed by atoms with van der Waals surface area (Å²) >= 11 is 1.44. The van der Waals surface area contributed by atoms with Gasteiger partial charge < -0.3 is 10.2 Å². The van der Waals surface area contributed by atoms with Crippen molar-refractivity contribution in [3.63, 3.8) is 0 Å². The van der Waals surface area contributed by atoms with Crippen LogP contribution in [-0.4, -0.2) is 34.0 Å². The number of nitrogens with one attached hydrogen (secondary N) is 1. The van der Waals surface area contributed by atoms with Crippen molar-refractivity contribution in [3.05, 3.63) is 81.9 Å². The summed E-state index contributed by atoms with van der Waals surface area (Å²) in [5.41, 5.74) is 2.32. The number of rotatable bonds is 5. The van der Waals surface area contributed by atoms with E-state index in [-0.39, 0.29) is 23.5 Å². The molecule has 1 aliphatic heterocycles. The second-order valence-corrected chi connectivity index (χ2v) is 9.31. The number of benzene rings is 2. The summed E-state index contributed by atoms with van der Waals surface area (Å²) in [5, 5.41) is 3.55. The lowest BCUT2D eigenvalue weighted by atomic mass is 9.85. The molecular weight excluding hydrogens is 422 g/mol. The second-order valence-electron chi connectivity index (χ2n) is 8.22. The minimum absolute atomic E-state index is 0.0450. The first-order valence-corrected chi connectivity index (χ1v) is 11.7. The van der Waals surface area contributed by atoms with Crippen LogP contribution in [0.5, 0.6) is 0 Å². The van der Waals surface area contributed by atoms with Crippen molar-refractivity contribution in [1.82, 2.24) is 9.88 Å². The summed E-state index contributed by atoms with van der Waals surface area (Å²) in [6, 6.07) is 16.0. The predicted molar refractivity (Wildman–Crippen MR) is 123 cm³/mol. The number of fused-ring (bicyclic) bond motifs is 1. The molecular formula is C25H23N3O3S. The van der Waals surface area contributed by atoms with Gasteiger partial charge in [0, 0.05) is 34.9 Å². The van der Waals surface area contributed by atoms with Gasteiger partial charge in [-0.05, 0) is 18.9 Å². The zero-order chi connectivity index (χ0) is 22.1. The van der Waals surface area contributed by atoms with Gasteiger partial charge in [-0.25, -0.2) is 4.98 Å². The molecule has 7 heteroatoms. The highest BCUT2D eigenvalue weighted by Crippen LogP contribution is 2.32. The van der Waals surface area contributed by atoms with Crippen molar-refractivity contribution >= 4 is 34.1 Å². The maximum absolute atomic E-state index is 13.4. The normalized spacial score (nSPS) is 15.6. The minimum atomic E-state index is -0.163. The van der Waals surface area contributed by atoms with Crippen LogP contribution in [0.2, 0.25) is 0 Å². The maximum Gasteiger partial charge on any atom is 0.254 e. The van der Waals surface area contributed by atoms with Crippen LogP contribution in [0, 0.1) is 5.92 Å². The van der Waals surface area contributed by atoms with E-state index >= 15 is 0 Å². The number of aromatic nitrogens is 1. The summed E-state index contributed by atoms with van der Waals surface area (Å²) in [7, 11) is 0. The number of nitrogens with zero attached hydrogens (tertiary/aromatic N) is 2. The molecule has 0 unspecified atom stereocenters. The maximum atomic E-state index is 13.4. The molecule has 0 atom stereocenters. The Bertz CT molecular complexity index is 1180. The highest BCUT2D eigenvalue weighted by Gasteiger charge is 2.29. The fourth-order valence-electron chi connectivity index (χ4n) is 4.08. The third kappa shape index (κ3) is 3.96. The molecule has 1 aromatic heterocycles. The highest BCUT2D eigenvalue weighted by atomic mass is 32.1. The monoisotopic (exact) mass is 445 g/mol. The minimum Gasteiger partial charge on any atom is -0.333 e. The molecule has 1 saturated carbocycles. The standard InChI is InChI=1S/C25H23N3O3S/c29-22(16-7-2-1-3-8-16)18-11-4-5-12-19(18)24(31)28-14-13-20-21(15-28)32-25(26-20)27-23(30)17-9-6-10-17/h1-5,7-8,11-12,17H,6,9-10,13-15H2,(H,26,27,30). The van der Waals surface area contributed by atoms with Crippen molar-refractivity contribution in [2.24, 2.45) is 5.92 Å². The molecule has 1 N–H and O–H groups in total. The van der Waals surface area contributed by atoms with Crippen LogP contribution in [-0.2, 0) is 17.8 Å². The Morgan fingerprint density at radius 3 is 2.41 bits per heavy atom. The zero-order valence-electron chi connectivity index (χ0n) is 17.5. The molecule has 2 amide bonds. The molecule has 2 aromatic carbocycles. The number of anilines is 1. The van der Waals surface area contributed by atoms with E-state index in [4.69, 9.17) is 0 Å². The van der Waals surface area contributed by atoms with Gasteiger partial charge in [-0.15, -0.1) is 0 Å². The van der Waals surface area contributed by atoms with Crippen LogP contribution < -0.4 is 5.32 Å². The number of hydrogen-bond donors (Lipinski definition) is 1. The van der Waals surface area contributed by atoms with E-state index in [2.05, 4.69) is 10.3 Å². The van der Waals surface area contributed by atoms with Gasteiger partial charge in [-0.3, -0.25) is 14.4 Å². The molecule has 0 saturated heterocycles. The first-order chi connectivity index (χ1) is 15.6. The third-order valence-corrected chi connectivity index (χ3v) is 7.16. The molecule has 162 valence electrons. The van der Waals surface area contributed by atoms with Gasteiger partial charge in [0.05, 0.1) is 17.8 Å². The summed E-state index contributed by atoms with van der Waals surface area (Å²) in [6.45, 7) is 0.957. The van der Waals surface area contributed by atoms with Crippen LogP contribution in [0.3, 0.4) is 0 Å². The van der Waals surface area contributed by atoms with Crippen molar-refractivity contribution < 1.29 is 14.4 Å². The molecule has 0 spiro atoms. The van der Waals surface area contributed by atoms with Gasteiger partial charge in [0.15, 0.2) is 10.9 Å². The Morgan fingerprint density at radius 1 is 0.969 bits per heavy atom. The SMILES string of the molecule is O=C(c1ccccc1)c1ccccc1C(=O)N1CCc2nc(NC(=O)C3CCC3)sc2C1. The van der Waals surface area contributed by atoms with E-state index in [9.17, 15) is 14.4 Å². The van der Waals surface area contributed by atoms with Crippen LogP contribution in [0.1, 0.15) is 56.1 Å². The van der Waals surface area contributed by atoms with Gasteiger partial charge >= 0.3 is 0 Å². The first-order valence-electron chi connectivity index (χ1n) is 10.9. The predicted octanol–water partition coefficient (Wildman–Crippen LogP) is 4.31. The number of ketones is 1. The largest absolute Gasteiger partial charge is 0.333 e. The molecule has 1 aliphatic carbocycles. The number of carbonyl (C=O) groups excluding carboxylic acids is 3. The van der Waals surface area contributed by atoms with Crippen LogP contribution in [0.25, 0.3) is 0 Å². The summed E-state index contributed by atoms with van der Waals surface area (Å²) in [6.07, 6.45) is 3.63. The smallest absolute Gasteiger partial charge is 0.254 e. The van der Waals surface area contributed by atoms with E-state index in [0.717, 1.165) is 29.8 Å². The summed E-state index contributed by atoms with van der Waals surface area (Å²) in [5.74, 6) is -0.175. The molecule has 1 fully saturated rings. The number of hydrogen-bond acceptors (Lipinski definition) is 5. The van der Waals surface area contributed by atoms with E-state index in [1.54, 1.807) is 41.3 Å². The van der Waals surface area contributed by atoms with Gasteiger partial charge in [0.2, 0.25) is 5.91 Å². The number of carbonyl (C=O) groups is 3. The summed E-state index contributed by atoms with van der Waals surface area (Å²) in [4.78, 5) is 46.0. The lowest BCUT2D eigenvalue weighted by Crippen LogP contribution is -2.36. The fraction of sp³-hybridized carbons (Fsp3) is 0.280. The third-order valence-electron chi connectivity index (χ3n) is 6.16. The second kappa shape index (κ2) is 8.67. The molecule has 0 radical (unpaired) electrons. The topological polar surface area (TPSA) is 79.4 Å². The van der Waals surface area contributed by atoms with E-state index in [1.165, 1.54) is 11.3 Å². The Balaban J connectivity index is 1.34. The Morgan fingerprint density at radius 2 is 1.69 bits per heavy atom. The Labute approximate surface area is 190 Å². The average Bonchev–Trinajstić information content (AvgIpc) is 3.18. The lowest BCUT2D eigenvalue weighted by molar-refractivity contribution is -0.122. The average molecular weight is 446 g/mol. The zero-order valence-corrected chi connectivity index (χ0v) is 18.4.